The molecule has 1 aliphatic carbocycles. The minimum absolute atomic E-state index is 0.227. The van der Waals surface area contributed by atoms with E-state index in [2.05, 4.69) is 4.72 Å². The molecule has 1 N–H and O–H groups in total. The van der Waals surface area contributed by atoms with Gasteiger partial charge in [0.05, 0.1) is 16.5 Å². The predicted octanol–water partition coefficient (Wildman–Crippen LogP) is 1.89. The summed E-state index contributed by atoms with van der Waals surface area (Å²) in [4.78, 5) is 0. The SMILES string of the molecule is CC1(C)OB(c2ccc(NS(=O)(=O)C3CC3)cc2)OC1(C)C. The molecule has 1 heterocycles. The zero-order valence-electron chi connectivity index (χ0n) is 13.4. The molecule has 0 radical (unpaired) electrons. The van der Waals surface area contributed by atoms with E-state index in [1.807, 2.05) is 39.8 Å². The fourth-order valence-corrected chi connectivity index (χ4v) is 3.70. The molecule has 7 heteroatoms. The van der Waals surface area contributed by atoms with Crippen LogP contribution in [-0.2, 0) is 19.3 Å². The van der Waals surface area contributed by atoms with Gasteiger partial charge in [0, 0.05) is 5.69 Å². The Morgan fingerprint density at radius 3 is 2.00 bits per heavy atom. The number of benzene rings is 1. The van der Waals surface area contributed by atoms with E-state index in [9.17, 15) is 8.42 Å². The number of nitrogens with one attached hydrogen (secondary N) is 1. The van der Waals surface area contributed by atoms with Crippen molar-refractivity contribution in [3.63, 3.8) is 0 Å². The van der Waals surface area contributed by atoms with Crippen molar-refractivity contribution in [1.29, 1.82) is 0 Å². The van der Waals surface area contributed by atoms with E-state index in [1.165, 1.54) is 0 Å². The number of hydrogen-bond acceptors (Lipinski definition) is 4. The van der Waals surface area contributed by atoms with Crippen molar-refractivity contribution in [3.8, 4) is 0 Å². The fourth-order valence-electron chi connectivity index (χ4n) is 2.31. The van der Waals surface area contributed by atoms with E-state index >= 15 is 0 Å². The second kappa shape index (κ2) is 4.98. The van der Waals surface area contributed by atoms with Gasteiger partial charge in [0.1, 0.15) is 0 Å². The molecular weight excluding hydrogens is 301 g/mol. The molecule has 120 valence electrons. The molecular formula is C15H22BNO4S. The van der Waals surface area contributed by atoms with Crippen molar-refractivity contribution in [1.82, 2.24) is 0 Å². The lowest BCUT2D eigenvalue weighted by Gasteiger charge is -2.32. The van der Waals surface area contributed by atoms with E-state index < -0.39 is 17.1 Å². The highest BCUT2D eigenvalue weighted by Gasteiger charge is 2.51. The number of anilines is 1. The summed E-state index contributed by atoms with van der Waals surface area (Å²) in [6.45, 7) is 8.02. The van der Waals surface area contributed by atoms with Crippen molar-refractivity contribution >= 4 is 28.3 Å². The summed E-state index contributed by atoms with van der Waals surface area (Å²) in [6, 6.07) is 7.18. The second-order valence-electron chi connectivity index (χ2n) is 7.06. The predicted molar refractivity (Wildman–Crippen MR) is 87.7 cm³/mol. The first-order valence-electron chi connectivity index (χ1n) is 7.58. The van der Waals surface area contributed by atoms with Crippen LogP contribution in [0.5, 0.6) is 0 Å². The highest BCUT2D eigenvalue weighted by Crippen LogP contribution is 2.36. The van der Waals surface area contributed by atoms with Crippen molar-refractivity contribution in [2.75, 3.05) is 4.72 Å². The van der Waals surface area contributed by atoms with Crippen LogP contribution in [0.3, 0.4) is 0 Å². The van der Waals surface area contributed by atoms with Crippen molar-refractivity contribution in [2.24, 2.45) is 0 Å². The van der Waals surface area contributed by atoms with Gasteiger partial charge in [0.15, 0.2) is 0 Å². The van der Waals surface area contributed by atoms with Gasteiger partial charge in [-0.1, -0.05) is 12.1 Å². The monoisotopic (exact) mass is 323 g/mol. The van der Waals surface area contributed by atoms with Gasteiger partial charge >= 0.3 is 7.12 Å². The first-order valence-corrected chi connectivity index (χ1v) is 9.13. The van der Waals surface area contributed by atoms with Gasteiger partial charge in [0.2, 0.25) is 10.0 Å². The summed E-state index contributed by atoms with van der Waals surface area (Å²) in [6.07, 6.45) is 1.50. The molecule has 22 heavy (non-hydrogen) atoms. The van der Waals surface area contributed by atoms with Gasteiger partial charge in [-0.3, -0.25) is 4.72 Å². The van der Waals surface area contributed by atoms with Crippen LogP contribution >= 0.6 is 0 Å². The highest BCUT2D eigenvalue weighted by atomic mass is 32.2. The quantitative estimate of drug-likeness (QED) is 0.860. The molecule has 0 aromatic heterocycles. The minimum atomic E-state index is -3.22. The van der Waals surface area contributed by atoms with Gasteiger partial charge in [-0.25, -0.2) is 8.42 Å². The summed E-state index contributed by atoms with van der Waals surface area (Å²) < 4.78 is 38.4. The molecule has 0 bridgehead atoms. The molecule has 0 spiro atoms. The summed E-state index contributed by atoms with van der Waals surface area (Å²) in [5.74, 6) is 0. The Morgan fingerprint density at radius 2 is 1.55 bits per heavy atom. The molecule has 1 saturated heterocycles. The van der Waals surface area contributed by atoms with Crippen LogP contribution in [0.2, 0.25) is 0 Å². The highest BCUT2D eigenvalue weighted by molar-refractivity contribution is 7.93. The van der Waals surface area contributed by atoms with Crippen LogP contribution in [0.15, 0.2) is 24.3 Å². The van der Waals surface area contributed by atoms with Crippen LogP contribution in [0.4, 0.5) is 5.69 Å². The van der Waals surface area contributed by atoms with Crippen molar-refractivity contribution in [2.45, 2.75) is 57.0 Å². The molecule has 5 nitrogen and oxygen atoms in total. The lowest BCUT2D eigenvalue weighted by molar-refractivity contribution is 0.00578. The Morgan fingerprint density at radius 1 is 1.05 bits per heavy atom. The zero-order valence-corrected chi connectivity index (χ0v) is 14.2. The molecule has 3 rings (SSSR count). The lowest BCUT2D eigenvalue weighted by Crippen LogP contribution is -2.41. The van der Waals surface area contributed by atoms with Crippen molar-refractivity contribution in [3.05, 3.63) is 24.3 Å². The van der Waals surface area contributed by atoms with Crippen molar-refractivity contribution < 1.29 is 17.7 Å². The van der Waals surface area contributed by atoms with E-state index in [4.69, 9.17) is 9.31 Å². The second-order valence-corrected chi connectivity index (χ2v) is 9.02. The molecule has 1 aromatic rings. The van der Waals surface area contributed by atoms with E-state index in [0.29, 0.717) is 5.69 Å². The molecule has 2 fully saturated rings. The van der Waals surface area contributed by atoms with Gasteiger partial charge in [0.25, 0.3) is 0 Å². The summed E-state index contributed by atoms with van der Waals surface area (Å²) >= 11 is 0. The summed E-state index contributed by atoms with van der Waals surface area (Å²) in [5.41, 5.74) is 0.688. The number of rotatable bonds is 4. The summed E-state index contributed by atoms with van der Waals surface area (Å²) in [7, 11) is -3.65. The Bertz CT molecular complexity index is 649. The van der Waals surface area contributed by atoms with E-state index in [0.717, 1.165) is 18.3 Å². The molecule has 0 unspecified atom stereocenters. The smallest absolute Gasteiger partial charge is 0.399 e. The largest absolute Gasteiger partial charge is 0.494 e. The molecule has 0 atom stereocenters. The van der Waals surface area contributed by atoms with Crippen LogP contribution < -0.4 is 10.2 Å². The van der Waals surface area contributed by atoms with Gasteiger partial charge in [-0.2, -0.15) is 0 Å². The van der Waals surface area contributed by atoms with Crippen LogP contribution in [0.25, 0.3) is 0 Å². The Labute approximate surface area is 132 Å². The maximum Gasteiger partial charge on any atom is 0.494 e. The fraction of sp³-hybridized carbons (Fsp3) is 0.600. The van der Waals surface area contributed by atoms with Gasteiger partial charge in [-0.05, 0) is 58.1 Å². The topological polar surface area (TPSA) is 64.6 Å². The lowest BCUT2D eigenvalue weighted by atomic mass is 9.79. The maximum absolute atomic E-state index is 11.9. The molecule has 1 aromatic carbocycles. The van der Waals surface area contributed by atoms with E-state index in [-0.39, 0.29) is 16.5 Å². The van der Waals surface area contributed by atoms with Gasteiger partial charge < -0.3 is 9.31 Å². The van der Waals surface area contributed by atoms with Crippen LogP contribution in [-0.4, -0.2) is 32.0 Å². The molecule has 2 aliphatic rings. The third-order valence-corrected chi connectivity index (χ3v) is 6.53. The summed E-state index contributed by atoms with van der Waals surface area (Å²) in [5, 5.41) is -0.227. The standard InChI is InChI=1S/C15H22BNO4S/c1-14(2)15(3,4)21-16(20-14)11-5-7-12(8-6-11)17-22(18,19)13-9-10-13/h5-8,13,17H,9-10H2,1-4H3. The first kappa shape index (κ1) is 15.8. The number of sulfonamides is 1. The number of hydrogen-bond donors (Lipinski definition) is 1. The Kier molecular flexibility index (Phi) is 3.58. The Hall–Kier alpha value is -1.05. The molecule has 1 aliphatic heterocycles. The van der Waals surface area contributed by atoms with Crippen LogP contribution in [0.1, 0.15) is 40.5 Å². The zero-order chi connectivity index (χ0) is 16.2. The maximum atomic E-state index is 11.9. The third kappa shape index (κ3) is 2.89. The van der Waals surface area contributed by atoms with Gasteiger partial charge in [-0.15, -0.1) is 0 Å². The average molecular weight is 323 g/mol. The van der Waals surface area contributed by atoms with Crippen LogP contribution in [0, 0.1) is 0 Å². The average Bonchev–Trinajstić information content (AvgIpc) is 3.19. The minimum Gasteiger partial charge on any atom is -0.399 e. The van der Waals surface area contributed by atoms with E-state index in [1.54, 1.807) is 12.1 Å². The first-order chi connectivity index (χ1) is 10.1. The normalized spacial score (nSPS) is 23.5. The molecule has 1 saturated carbocycles. The Balaban J connectivity index is 1.73. The third-order valence-electron chi connectivity index (χ3n) is 4.66. The molecule has 0 amide bonds.